The van der Waals surface area contributed by atoms with E-state index in [2.05, 4.69) is 18.7 Å². The van der Waals surface area contributed by atoms with Gasteiger partial charge in [-0.2, -0.15) is 0 Å². The SMILES string of the molecule is C.CCC1CCCCC1.CCN1CCCCC1. The largest absolute Gasteiger partial charge is 0.304 e. The summed E-state index contributed by atoms with van der Waals surface area (Å²) in [6, 6.07) is 0. The van der Waals surface area contributed by atoms with Gasteiger partial charge in [-0.15, -0.1) is 0 Å². The highest BCUT2D eigenvalue weighted by Crippen LogP contribution is 2.25. The summed E-state index contributed by atoms with van der Waals surface area (Å²) < 4.78 is 0. The standard InChI is InChI=1S/C8H16.C7H15N.CH4/c2*1-2-8-6-4-3-5-7-8;/h8H,2-7H2,1H3;2-7H2,1H3;1H4. The summed E-state index contributed by atoms with van der Waals surface area (Å²) in [5.74, 6) is 1.09. The fourth-order valence-corrected chi connectivity index (χ4v) is 2.87. The second-order valence-electron chi connectivity index (χ2n) is 5.41. The lowest BCUT2D eigenvalue weighted by molar-refractivity contribution is 0.240. The van der Waals surface area contributed by atoms with Crippen LogP contribution in [0.5, 0.6) is 0 Å². The molecular weight excluding hydrogens is 206 g/mol. The molecule has 104 valence electrons. The highest BCUT2D eigenvalue weighted by Gasteiger charge is 2.09. The molecule has 1 saturated carbocycles. The molecule has 1 aliphatic carbocycles. The van der Waals surface area contributed by atoms with Crippen molar-refractivity contribution >= 4 is 0 Å². The number of hydrogen-bond acceptors (Lipinski definition) is 1. The van der Waals surface area contributed by atoms with Crippen LogP contribution in [0.3, 0.4) is 0 Å². The summed E-state index contributed by atoms with van der Waals surface area (Å²) in [4.78, 5) is 2.52. The van der Waals surface area contributed by atoms with E-state index < -0.39 is 0 Å². The van der Waals surface area contributed by atoms with Crippen molar-refractivity contribution in [3.8, 4) is 0 Å². The monoisotopic (exact) mass is 241 g/mol. The number of likely N-dealkylation sites (tertiary alicyclic amines) is 1. The molecule has 1 nitrogen and oxygen atoms in total. The molecule has 2 aliphatic rings. The minimum absolute atomic E-state index is 0. The molecule has 0 bridgehead atoms. The molecule has 1 heterocycles. The van der Waals surface area contributed by atoms with Gasteiger partial charge in [0.15, 0.2) is 0 Å². The van der Waals surface area contributed by atoms with Gasteiger partial charge in [-0.1, -0.05) is 66.2 Å². The van der Waals surface area contributed by atoms with Crippen molar-refractivity contribution in [2.45, 2.75) is 79.1 Å². The van der Waals surface area contributed by atoms with Crippen molar-refractivity contribution in [2.24, 2.45) is 5.92 Å². The maximum atomic E-state index is 2.52. The smallest absolute Gasteiger partial charge is 0.00188 e. The molecule has 0 N–H and O–H groups in total. The number of nitrogens with zero attached hydrogens (tertiary/aromatic N) is 1. The zero-order valence-electron chi connectivity index (χ0n) is 11.5. The van der Waals surface area contributed by atoms with Crippen LogP contribution in [0, 0.1) is 5.92 Å². The average molecular weight is 241 g/mol. The van der Waals surface area contributed by atoms with Gasteiger partial charge < -0.3 is 4.90 Å². The van der Waals surface area contributed by atoms with E-state index in [9.17, 15) is 0 Å². The predicted molar refractivity (Wildman–Crippen MR) is 79.6 cm³/mol. The average Bonchev–Trinajstić information content (AvgIpc) is 2.41. The first-order valence-corrected chi connectivity index (χ1v) is 7.59. The van der Waals surface area contributed by atoms with Crippen LogP contribution < -0.4 is 0 Å². The minimum Gasteiger partial charge on any atom is -0.304 e. The molecule has 0 amide bonds. The van der Waals surface area contributed by atoms with Gasteiger partial charge in [0, 0.05) is 0 Å². The first-order valence-electron chi connectivity index (χ1n) is 7.59. The molecule has 0 radical (unpaired) electrons. The van der Waals surface area contributed by atoms with Gasteiger partial charge in [0.05, 0.1) is 0 Å². The van der Waals surface area contributed by atoms with Crippen molar-refractivity contribution < 1.29 is 0 Å². The molecule has 0 atom stereocenters. The van der Waals surface area contributed by atoms with Crippen molar-refractivity contribution in [3.63, 3.8) is 0 Å². The third-order valence-electron chi connectivity index (χ3n) is 4.20. The van der Waals surface area contributed by atoms with Gasteiger partial charge in [-0.05, 0) is 38.4 Å². The van der Waals surface area contributed by atoms with E-state index in [1.807, 2.05) is 0 Å². The quantitative estimate of drug-likeness (QED) is 0.650. The molecule has 0 aromatic carbocycles. The van der Waals surface area contributed by atoms with Crippen LogP contribution in [0.15, 0.2) is 0 Å². The zero-order valence-corrected chi connectivity index (χ0v) is 11.5. The number of piperidine rings is 1. The van der Waals surface area contributed by atoms with Crippen LogP contribution in [0.1, 0.15) is 79.1 Å². The Morgan fingerprint density at radius 1 is 0.824 bits per heavy atom. The second kappa shape index (κ2) is 11.1. The maximum Gasteiger partial charge on any atom is -0.00188 e. The third-order valence-corrected chi connectivity index (χ3v) is 4.20. The van der Waals surface area contributed by atoms with Gasteiger partial charge >= 0.3 is 0 Å². The molecule has 0 spiro atoms. The van der Waals surface area contributed by atoms with E-state index in [0.29, 0.717) is 0 Å². The molecule has 0 unspecified atom stereocenters. The zero-order chi connectivity index (χ0) is 11.6. The summed E-state index contributed by atoms with van der Waals surface area (Å²) in [5, 5.41) is 0. The van der Waals surface area contributed by atoms with E-state index in [1.165, 1.54) is 77.4 Å². The molecule has 2 rings (SSSR count). The lowest BCUT2D eigenvalue weighted by atomic mass is 9.88. The van der Waals surface area contributed by atoms with Crippen molar-refractivity contribution in [3.05, 3.63) is 0 Å². The minimum atomic E-state index is 0. The van der Waals surface area contributed by atoms with Crippen molar-refractivity contribution in [1.29, 1.82) is 0 Å². The molecule has 17 heavy (non-hydrogen) atoms. The van der Waals surface area contributed by atoms with Crippen LogP contribution >= 0.6 is 0 Å². The second-order valence-corrected chi connectivity index (χ2v) is 5.41. The summed E-state index contributed by atoms with van der Waals surface area (Å²) in [6.45, 7) is 8.49. The molecule has 0 aromatic rings. The first-order chi connectivity index (χ1) is 7.86. The van der Waals surface area contributed by atoms with Gasteiger partial charge in [0.2, 0.25) is 0 Å². The maximum absolute atomic E-state index is 2.52. The Balaban J connectivity index is 0.000000284. The Hall–Kier alpha value is -0.0400. The van der Waals surface area contributed by atoms with E-state index in [4.69, 9.17) is 0 Å². The van der Waals surface area contributed by atoms with Crippen LogP contribution in [-0.4, -0.2) is 24.5 Å². The molecule has 1 aliphatic heterocycles. The highest BCUT2D eigenvalue weighted by molar-refractivity contribution is 4.63. The molecule has 1 heteroatoms. The Morgan fingerprint density at radius 2 is 1.35 bits per heavy atom. The fraction of sp³-hybridized carbons (Fsp3) is 1.00. The van der Waals surface area contributed by atoms with E-state index in [0.717, 1.165) is 5.92 Å². The van der Waals surface area contributed by atoms with Gasteiger partial charge in [-0.3, -0.25) is 0 Å². The van der Waals surface area contributed by atoms with Gasteiger partial charge in [0.1, 0.15) is 0 Å². The third kappa shape index (κ3) is 7.81. The summed E-state index contributed by atoms with van der Waals surface area (Å²) in [6.07, 6.45) is 13.2. The highest BCUT2D eigenvalue weighted by atomic mass is 15.1. The normalized spacial score (nSPS) is 22.2. The Labute approximate surface area is 110 Å². The molecule has 0 aromatic heterocycles. The van der Waals surface area contributed by atoms with Crippen molar-refractivity contribution in [1.82, 2.24) is 4.90 Å². The van der Waals surface area contributed by atoms with Crippen LogP contribution in [-0.2, 0) is 0 Å². The van der Waals surface area contributed by atoms with Crippen LogP contribution in [0.2, 0.25) is 0 Å². The van der Waals surface area contributed by atoms with Gasteiger partial charge in [-0.25, -0.2) is 0 Å². The first kappa shape index (κ1) is 17.0. The lowest BCUT2D eigenvalue weighted by Gasteiger charge is -2.24. The molecule has 2 fully saturated rings. The van der Waals surface area contributed by atoms with Crippen LogP contribution in [0.25, 0.3) is 0 Å². The van der Waals surface area contributed by atoms with E-state index in [-0.39, 0.29) is 7.43 Å². The fourth-order valence-electron chi connectivity index (χ4n) is 2.87. The number of hydrogen-bond donors (Lipinski definition) is 0. The predicted octanol–water partition coefficient (Wildman–Crippen LogP) is 5.11. The Bertz CT molecular complexity index is 126. The van der Waals surface area contributed by atoms with Crippen molar-refractivity contribution in [2.75, 3.05) is 19.6 Å². The van der Waals surface area contributed by atoms with Gasteiger partial charge in [0.25, 0.3) is 0 Å². The van der Waals surface area contributed by atoms with E-state index in [1.54, 1.807) is 0 Å². The summed E-state index contributed by atoms with van der Waals surface area (Å²) in [5.41, 5.74) is 0. The molecular formula is C16H35N. The lowest BCUT2D eigenvalue weighted by Crippen LogP contribution is -2.29. The topological polar surface area (TPSA) is 3.24 Å². The van der Waals surface area contributed by atoms with E-state index >= 15 is 0 Å². The summed E-state index contributed by atoms with van der Waals surface area (Å²) in [7, 11) is 0. The van der Waals surface area contributed by atoms with Crippen LogP contribution in [0.4, 0.5) is 0 Å². The molecule has 1 saturated heterocycles. The summed E-state index contributed by atoms with van der Waals surface area (Å²) >= 11 is 0. The Kier molecular flexibility index (Phi) is 11.0. The Morgan fingerprint density at radius 3 is 1.71 bits per heavy atom. The number of rotatable bonds is 2.